The number of allylic oxidation sites excluding steroid dienone is 2. The maximum Gasteiger partial charge on any atom is 0.334 e. The van der Waals surface area contributed by atoms with Crippen LogP contribution in [-0.4, -0.2) is 26.8 Å². The van der Waals surface area contributed by atoms with E-state index in [4.69, 9.17) is 39.5 Å². The van der Waals surface area contributed by atoms with Crippen molar-refractivity contribution in [2.75, 3.05) is 6.54 Å². The fraction of sp³-hybridized carbons (Fsp3) is 0.667. The van der Waals surface area contributed by atoms with Crippen molar-refractivity contribution in [1.82, 2.24) is 4.90 Å². The lowest BCUT2D eigenvalue weighted by molar-refractivity contribution is -0.149. The molecule has 0 unspecified atom stereocenters. The molecule has 7 heteroatoms. The molecule has 1 heterocycles. The molecule has 0 spiro atoms. The second-order valence-electron chi connectivity index (χ2n) is 5.66. The molecule has 0 bridgehead atoms. The summed E-state index contributed by atoms with van der Waals surface area (Å²) in [5.41, 5.74) is -0.0426. The largest absolute Gasteiger partial charge is 0.452 e. The van der Waals surface area contributed by atoms with Gasteiger partial charge in [0.05, 0.1) is 11.1 Å². The average molecular weight is 387 g/mol. The standard InChI is InChI=1S/C15H22Cl3NO2S/c1-6-7-8-19-10(2)11(3)22-12(19)9-13(20)21-14(4,5)15(16,17)18/h9H,6-8H2,1-5H3. The minimum Gasteiger partial charge on any atom is -0.452 e. The summed E-state index contributed by atoms with van der Waals surface area (Å²) in [7, 11) is 0. The van der Waals surface area contributed by atoms with Crippen LogP contribution in [0, 0.1) is 0 Å². The molecule has 0 aromatic rings. The first-order valence-electron chi connectivity index (χ1n) is 7.14. The van der Waals surface area contributed by atoms with Gasteiger partial charge in [-0.05, 0) is 34.1 Å². The van der Waals surface area contributed by atoms with E-state index >= 15 is 0 Å². The smallest absolute Gasteiger partial charge is 0.334 e. The first-order valence-corrected chi connectivity index (χ1v) is 9.09. The summed E-state index contributed by atoms with van der Waals surface area (Å²) < 4.78 is 3.63. The Morgan fingerprint density at radius 2 is 1.91 bits per heavy atom. The Hall–Kier alpha value is -0.0300. The van der Waals surface area contributed by atoms with Crippen LogP contribution in [0.3, 0.4) is 0 Å². The maximum atomic E-state index is 12.2. The van der Waals surface area contributed by atoms with Gasteiger partial charge in [0.25, 0.3) is 0 Å². The van der Waals surface area contributed by atoms with Gasteiger partial charge in [0.1, 0.15) is 0 Å². The van der Waals surface area contributed by atoms with Gasteiger partial charge < -0.3 is 9.64 Å². The van der Waals surface area contributed by atoms with E-state index in [1.165, 1.54) is 11.0 Å². The van der Waals surface area contributed by atoms with E-state index in [0.717, 1.165) is 30.1 Å². The fourth-order valence-electron chi connectivity index (χ4n) is 1.78. The van der Waals surface area contributed by atoms with Gasteiger partial charge in [-0.1, -0.05) is 59.9 Å². The van der Waals surface area contributed by atoms with E-state index < -0.39 is 15.4 Å². The van der Waals surface area contributed by atoms with Crippen LogP contribution in [0.5, 0.6) is 0 Å². The minimum absolute atomic E-state index is 0.511. The minimum atomic E-state index is -1.68. The van der Waals surface area contributed by atoms with Gasteiger partial charge in [0.15, 0.2) is 5.60 Å². The Labute approximate surface area is 152 Å². The summed E-state index contributed by atoms with van der Waals surface area (Å²) in [5.74, 6) is -0.511. The summed E-state index contributed by atoms with van der Waals surface area (Å²) in [6, 6.07) is 0. The molecule has 0 aliphatic carbocycles. The second-order valence-corrected chi connectivity index (χ2v) is 9.18. The molecule has 0 saturated heterocycles. The van der Waals surface area contributed by atoms with Crippen molar-refractivity contribution in [2.24, 2.45) is 0 Å². The molecule has 1 aliphatic rings. The first kappa shape index (κ1) is 20.0. The molecule has 126 valence electrons. The Morgan fingerprint density at radius 1 is 1.32 bits per heavy atom. The van der Waals surface area contributed by atoms with Gasteiger partial charge in [-0.25, -0.2) is 4.79 Å². The molecule has 0 atom stereocenters. The van der Waals surface area contributed by atoms with Gasteiger partial charge in [-0.3, -0.25) is 0 Å². The summed E-state index contributed by atoms with van der Waals surface area (Å²) in [5, 5.41) is 0.855. The normalized spacial score (nSPS) is 18.4. The molecular weight excluding hydrogens is 365 g/mol. The van der Waals surface area contributed by atoms with E-state index in [1.54, 1.807) is 25.6 Å². The van der Waals surface area contributed by atoms with Crippen LogP contribution in [0.1, 0.15) is 47.5 Å². The number of thioether (sulfide) groups is 1. The average Bonchev–Trinajstić information content (AvgIpc) is 2.60. The van der Waals surface area contributed by atoms with Crippen molar-refractivity contribution >= 4 is 52.5 Å². The Morgan fingerprint density at radius 3 is 2.41 bits per heavy atom. The highest BCUT2D eigenvalue weighted by Gasteiger charge is 2.44. The van der Waals surface area contributed by atoms with Crippen LogP contribution in [0.4, 0.5) is 0 Å². The number of halogens is 3. The zero-order chi connectivity index (χ0) is 17.1. The molecule has 1 rings (SSSR count). The maximum absolute atomic E-state index is 12.2. The summed E-state index contributed by atoms with van der Waals surface area (Å²) in [4.78, 5) is 15.5. The van der Waals surface area contributed by atoms with E-state index in [0.29, 0.717) is 0 Å². The Kier molecular flexibility index (Phi) is 7.00. The van der Waals surface area contributed by atoms with E-state index in [1.807, 2.05) is 6.92 Å². The van der Waals surface area contributed by atoms with Gasteiger partial charge in [-0.15, -0.1) is 0 Å². The quantitative estimate of drug-likeness (QED) is 0.348. The van der Waals surface area contributed by atoms with Crippen LogP contribution < -0.4 is 0 Å². The zero-order valence-electron chi connectivity index (χ0n) is 13.5. The highest BCUT2D eigenvalue weighted by atomic mass is 35.6. The predicted molar refractivity (Wildman–Crippen MR) is 96.1 cm³/mol. The zero-order valence-corrected chi connectivity index (χ0v) is 16.6. The molecule has 0 amide bonds. The van der Waals surface area contributed by atoms with E-state index in [9.17, 15) is 4.79 Å². The number of hydrogen-bond donors (Lipinski definition) is 0. The Bertz CT molecular complexity index is 496. The predicted octanol–water partition coefficient (Wildman–Crippen LogP) is 5.62. The molecular formula is C15H22Cl3NO2S. The van der Waals surface area contributed by atoms with E-state index in [-0.39, 0.29) is 0 Å². The van der Waals surface area contributed by atoms with Crippen molar-refractivity contribution in [3.8, 4) is 0 Å². The number of alkyl halides is 3. The number of unbranched alkanes of at least 4 members (excludes halogenated alkanes) is 1. The number of esters is 1. The van der Waals surface area contributed by atoms with Gasteiger partial charge in [0, 0.05) is 17.1 Å². The lowest BCUT2D eigenvalue weighted by Gasteiger charge is -2.31. The molecule has 0 saturated carbocycles. The summed E-state index contributed by atoms with van der Waals surface area (Å²) in [6.07, 6.45) is 3.61. The number of rotatable bonds is 5. The number of carbonyl (C=O) groups is 1. The summed E-state index contributed by atoms with van der Waals surface area (Å²) in [6.45, 7) is 10.2. The SMILES string of the molecule is CCCCN1C(=CC(=O)OC(C)(C)C(Cl)(Cl)Cl)SC(C)=C1C. The molecule has 0 radical (unpaired) electrons. The molecule has 0 aromatic carbocycles. The lowest BCUT2D eigenvalue weighted by Crippen LogP contribution is -2.41. The topological polar surface area (TPSA) is 29.5 Å². The summed E-state index contributed by atoms with van der Waals surface area (Å²) >= 11 is 19.1. The van der Waals surface area contributed by atoms with Gasteiger partial charge in [-0.2, -0.15) is 0 Å². The van der Waals surface area contributed by atoms with Crippen LogP contribution in [0.2, 0.25) is 0 Å². The van der Waals surface area contributed by atoms with Gasteiger partial charge >= 0.3 is 5.97 Å². The van der Waals surface area contributed by atoms with E-state index in [2.05, 4.69) is 18.7 Å². The first-order chi connectivity index (χ1) is 9.99. The van der Waals surface area contributed by atoms with Crippen molar-refractivity contribution in [3.63, 3.8) is 0 Å². The fourth-order valence-corrected chi connectivity index (χ4v) is 2.96. The van der Waals surface area contributed by atoms with Crippen molar-refractivity contribution in [2.45, 2.75) is 56.9 Å². The molecule has 1 aliphatic heterocycles. The number of hydrogen-bond acceptors (Lipinski definition) is 4. The third-order valence-corrected chi connectivity index (χ3v) is 5.97. The number of nitrogens with zero attached hydrogens (tertiary/aromatic N) is 1. The molecule has 0 aromatic heterocycles. The molecule has 0 N–H and O–H groups in total. The second kappa shape index (κ2) is 7.69. The lowest BCUT2D eigenvalue weighted by atomic mass is 10.2. The highest BCUT2D eigenvalue weighted by Crippen LogP contribution is 2.42. The van der Waals surface area contributed by atoms with Crippen LogP contribution in [0.15, 0.2) is 21.7 Å². The Balaban J connectivity index is 2.86. The third kappa shape index (κ3) is 4.98. The van der Waals surface area contributed by atoms with Crippen LogP contribution in [0.25, 0.3) is 0 Å². The van der Waals surface area contributed by atoms with Crippen LogP contribution in [-0.2, 0) is 9.53 Å². The monoisotopic (exact) mass is 385 g/mol. The molecule has 0 fully saturated rings. The third-order valence-electron chi connectivity index (χ3n) is 3.45. The molecule has 3 nitrogen and oxygen atoms in total. The highest BCUT2D eigenvalue weighted by molar-refractivity contribution is 8.06. The number of ether oxygens (including phenoxy) is 1. The van der Waals surface area contributed by atoms with Gasteiger partial charge in [0.2, 0.25) is 3.79 Å². The van der Waals surface area contributed by atoms with Crippen LogP contribution >= 0.6 is 46.6 Å². The van der Waals surface area contributed by atoms with Crippen molar-refractivity contribution in [1.29, 1.82) is 0 Å². The molecule has 22 heavy (non-hydrogen) atoms. The van der Waals surface area contributed by atoms with Crippen molar-refractivity contribution < 1.29 is 9.53 Å². The number of carbonyl (C=O) groups excluding carboxylic acids is 1. The van der Waals surface area contributed by atoms with Crippen molar-refractivity contribution in [3.05, 3.63) is 21.7 Å².